The molecule has 0 fully saturated rings. The van der Waals surface area contributed by atoms with Gasteiger partial charge in [-0.25, -0.2) is 0 Å². The topological polar surface area (TPSA) is 44.0 Å². The lowest BCUT2D eigenvalue weighted by Crippen LogP contribution is -2.04. The van der Waals surface area contributed by atoms with E-state index in [1.54, 1.807) is 13.8 Å². The molecule has 0 rings (SSSR count). The summed E-state index contributed by atoms with van der Waals surface area (Å²) in [4.78, 5) is 0. The smallest absolute Gasteiger partial charge is 0.0653 e. The van der Waals surface area contributed by atoms with Gasteiger partial charge in [-0.15, -0.1) is 0 Å². The molecule has 2 nitrogen and oxygen atoms in total. The quantitative estimate of drug-likeness (QED) is 0.578. The molecule has 0 aromatic rings. The molecule has 0 heterocycles. The standard InChI is InChI=1S/C6H11NO/c1-5(4-7)3-6(2)8/h5-6,8H,3H2,1-2H3/t5-,6+/m1/s1. The molecule has 0 amide bonds. The first kappa shape index (κ1) is 7.45. The van der Waals surface area contributed by atoms with Crippen LogP contribution >= 0.6 is 0 Å². The van der Waals surface area contributed by atoms with Crippen molar-refractivity contribution in [3.63, 3.8) is 0 Å². The molecule has 1 N–H and O–H groups in total. The van der Waals surface area contributed by atoms with Gasteiger partial charge in [-0.2, -0.15) is 5.26 Å². The molecular formula is C6H11NO. The molecule has 0 unspecified atom stereocenters. The Labute approximate surface area is 49.8 Å². The minimum Gasteiger partial charge on any atom is -0.393 e. The minimum absolute atomic E-state index is 0.0185. The number of hydrogen-bond donors (Lipinski definition) is 1. The van der Waals surface area contributed by atoms with Crippen molar-refractivity contribution in [2.75, 3.05) is 0 Å². The summed E-state index contributed by atoms with van der Waals surface area (Å²) in [5.74, 6) is -0.0185. The van der Waals surface area contributed by atoms with Gasteiger partial charge >= 0.3 is 0 Å². The molecule has 0 saturated carbocycles. The second-order valence-electron chi connectivity index (χ2n) is 2.11. The van der Waals surface area contributed by atoms with Crippen LogP contribution in [0.3, 0.4) is 0 Å². The predicted molar refractivity (Wildman–Crippen MR) is 31.1 cm³/mol. The molecule has 0 aliphatic rings. The van der Waals surface area contributed by atoms with E-state index in [2.05, 4.69) is 0 Å². The lowest BCUT2D eigenvalue weighted by atomic mass is 10.1. The van der Waals surface area contributed by atoms with E-state index in [1.807, 2.05) is 6.07 Å². The van der Waals surface area contributed by atoms with Gasteiger partial charge in [-0.1, -0.05) is 0 Å². The van der Waals surface area contributed by atoms with Gasteiger partial charge in [0.05, 0.1) is 12.2 Å². The molecule has 2 atom stereocenters. The lowest BCUT2D eigenvalue weighted by molar-refractivity contribution is 0.173. The molecule has 46 valence electrons. The molecule has 8 heavy (non-hydrogen) atoms. The zero-order chi connectivity index (χ0) is 6.57. The fourth-order valence-corrected chi connectivity index (χ4v) is 0.564. The van der Waals surface area contributed by atoms with E-state index < -0.39 is 0 Å². The average Bonchev–Trinajstić information content (AvgIpc) is 1.65. The van der Waals surface area contributed by atoms with Crippen LogP contribution < -0.4 is 0 Å². The first-order chi connectivity index (χ1) is 3.66. The van der Waals surface area contributed by atoms with Crippen LogP contribution in [0.1, 0.15) is 20.3 Å². The van der Waals surface area contributed by atoms with Crippen molar-refractivity contribution < 1.29 is 5.11 Å². The Morgan fingerprint density at radius 3 is 2.25 bits per heavy atom. The maximum absolute atomic E-state index is 8.70. The number of aliphatic hydroxyl groups excluding tert-OH is 1. The highest BCUT2D eigenvalue weighted by atomic mass is 16.3. The third kappa shape index (κ3) is 3.63. The third-order valence-electron chi connectivity index (χ3n) is 0.915. The van der Waals surface area contributed by atoms with Crippen molar-refractivity contribution in [1.29, 1.82) is 5.26 Å². The SMILES string of the molecule is C[C@H](O)C[C@@H](C)C#N. The number of hydrogen-bond acceptors (Lipinski definition) is 2. The molecule has 0 spiro atoms. The molecule has 0 aliphatic heterocycles. The average molecular weight is 113 g/mol. The van der Waals surface area contributed by atoms with Crippen LogP contribution in [-0.2, 0) is 0 Å². The van der Waals surface area contributed by atoms with Crippen LogP contribution in [0.25, 0.3) is 0 Å². The molecule has 0 bridgehead atoms. The molecule has 0 aromatic heterocycles. The number of nitriles is 1. The first-order valence-electron chi connectivity index (χ1n) is 2.74. The van der Waals surface area contributed by atoms with Gasteiger partial charge in [0.1, 0.15) is 0 Å². The highest BCUT2D eigenvalue weighted by Crippen LogP contribution is 2.02. The molecule has 2 heteroatoms. The van der Waals surface area contributed by atoms with Gasteiger partial charge < -0.3 is 5.11 Å². The zero-order valence-corrected chi connectivity index (χ0v) is 5.26. The second-order valence-corrected chi connectivity index (χ2v) is 2.11. The fourth-order valence-electron chi connectivity index (χ4n) is 0.564. The molecular weight excluding hydrogens is 102 g/mol. The van der Waals surface area contributed by atoms with Crippen molar-refractivity contribution in [1.82, 2.24) is 0 Å². The van der Waals surface area contributed by atoms with Crippen molar-refractivity contribution in [3.05, 3.63) is 0 Å². The fraction of sp³-hybridized carbons (Fsp3) is 0.833. The van der Waals surface area contributed by atoms with Gasteiger partial charge in [0.15, 0.2) is 0 Å². The zero-order valence-electron chi connectivity index (χ0n) is 5.26. The van der Waals surface area contributed by atoms with E-state index in [0.717, 1.165) is 0 Å². The Bertz CT molecular complexity index is 93.2. The Balaban J connectivity index is 3.28. The van der Waals surface area contributed by atoms with Crippen LogP contribution in [0.5, 0.6) is 0 Å². The van der Waals surface area contributed by atoms with Crippen LogP contribution in [0.15, 0.2) is 0 Å². The summed E-state index contributed by atoms with van der Waals surface area (Å²) in [5, 5.41) is 16.9. The third-order valence-corrected chi connectivity index (χ3v) is 0.915. The largest absolute Gasteiger partial charge is 0.393 e. The second kappa shape index (κ2) is 3.45. The van der Waals surface area contributed by atoms with Crippen molar-refractivity contribution in [3.8, 4) is 6.07 Å². The minimum atomic E-state index is -0.343. The maximum Gasteiger partial charge on any atom is 0.0653 e. The van der Waals surface area contributed by atoms with Crippen molar-refractivity contribution in [2.45, 2.75) is 26.4 Å². The monoisotopic (exact) mass is 113 g/mol. The molecule has 0 aliphatic carbocycles. The summed E-state index contributed by atoms with van der Waals surface area (Å²) in [6, 6.07) is 2.04. The molecule has 0 aromatic carbocycles. The predicted octanol–water partition coefficient (Wildman–Crippen LogP) is 0.917. The van der Waals surface area contributed by atoms with E-state index >= 15 is 0 Å². The Kier molecular flexibility index (Phi) is 3.21. The van der Waals surface area contributed by atoms with E-state index in [1.165, 1.54) is 0 Å². The van der Waals surface area contributed by atoms with Crippen molar-refractivity contribution in [2.24, 2.45) is 5.92 Å². The molecule has 0 radical (unpaired) electrons. The highest BCUT2D eigenvalue weighted by molar-refractivity contribution is 4.79. The van der Waals surface area contributed by atoms with Crippen molar-refractivity contribution >= 4 is 0 Å². The Morgan fingerprint density at radius 1 is 1.62 bits per heavy atom. The summed E-state index contributed by atoms with van der Waals surface area (Å²) in [7, 11) is 0. The summed E-state index contributed by atoms with van der Waals surface area (Å²) in [5.41, 5.74) is 0. The van der Waals surface area contributed by atoms with Crippen LogP contribution in [-0.4, -0.2) is 11.2 Å². The van der Waals surface area contributed by atoms with Gasteiger partial charge in [-0.05, 0) is 20.3 Å². The van der Waals surface area contributed by atoms with E-state index in [-0.39, 0.29) is 12.0 Å². The van der Waals surface area contributed by atoms with Gasteiger partial charge in [0.25, 0.3) is 0 Å². The first-order valence-corrected chi connectivity index (χ1v) is 2.74. The number of aliphatic hydroxyl groups is 1. The summed E-state index contributed by atoms with van der Waals surface area (Å²) in [6.07, 6.45) is 0.237. The van der Waals surface area contributed by atoms with Gasteiger partial charge in [0.2, 0.25) is 0 Å². The summed E-state index contributed by atoms with van der Waals surface area (Å²) < 4.78 is 0. The van der Waals surface area contributed by atoms with Gasteiger partial charge in [-0.3, -0.25) is 0 Å². The normalized spacial score (nSPS) is 16.8. The van der Waals surface area contributed by atoms with E-state index in [9.17, 15) is 0 Å². The lowest BCUT2D eigenvalue weighted by Gasteiger charge is -2.02. The van der Waals surface area contributed by atoms with Crippen LogP contribution in [0, 0.1) is 17.2 Å². The number of rotatable bonds is 2. The van der Waals surface area contributed by atoms with Crippen LogP contribution in [0.4, 0.5) is 0 Å². The Morgan fingerprint density at radius 2 is 2.12 bits per heavy atom. The maximum atomic E-state index is 8.70. The number of nitrogens with zero attached hydrogens (tertiary/aromatic N) is 1. The van der Waals surface area contributed by atoms with E-state index in [4.69, 9.17) is 10.4 Å². The highest BCUT2D eigenvalue weighted by Gasteiger charge is 2.02. The van der Waals surface area contributed by atoms with Crippen LogP contribution in [0.2, 0.25) is 0 Å². The Hall–Kier alpha value is -0.550. The van der Waals surface area contributed by atoms with Gasteiger partial charge in [0, 0.05) is 5.92 Å². The molecule has 0 saturated heterocycles. The summed E-state index contributed by atoms with van der Waals surface area (Å²) >= 11 is 0. The summed E-state index contributed by atoms with van der Waals surface area (Å²) in [6.45, 7) is 3.49. The van der Waals surface area contributed by atoms with E-state index in [0.29, 0.717) is 6.42 Å².